The predicted molar refractivity (Wildman–Crippen MR) is 111 cm³/mol. The minimum Gasteiger partial charge on any atom is -0.335 e. The molecule has 0 radical (unpaired) electrons. The van der Waals surface area contributed by atoms with Gasteiger partial charge in [-0.05, 0) is 49.7 Å². The number of imide groups is 1. The molecule has 2 aliphatic carbocycles. The van der Waals surface area contributed by atoms with Gasteiger partial charge in [0.15, 0.2) is 11.0 Å². The van der Waals surface area contributed by atoms with Gasteiger partial charge in [-0.3, -0.25) is 10.1 Å². The second kappa shape index (κ2) is 8.24. The Morgan fingerprint density at radius 3 is 2.89 bits per heavy atom. The molecule has 0 bridgehead atoms. The number of thiophene rings is 1. The topological polar surface area (TPSA) is 88.9 Å². The molecule has 1 fully saturated rings. The average molecular weight is 420 g/mol. The van der Waals surface area contributed by atoms with Gasteiger partial charge < -0.3 is 9.88 Å². The van der Waals surface area contributed by atoms with Crippen molar-refractivity contribution in [3.63, 3.8) is 0 Å². The second-order valence-electron chi connectivity index (χ2n) is 7.53. The molecule has 3 amide bonds. The van der Waals surface area contributed by atoms with Crippen LogP contribution < -0.4 is 10.6 Å². The number of nitrogens with zero attached hydrogens (tertiary/aromatic N) is 3. The summed E-state index contributed by atoms with van der Waals surface area (Å²) in [5.41, 5.74) is 1.45. The summed E-state index contributed by atoms with van der Waals surface area (Å²) < 4.78 is 1.93. The molecule has 2 aliphatic rings. The summed E-state index contributed by atoms with van der Waals surface area (Å²) >= 11 is 3.10. The molecule has 2 heterocycles. The Balaban J connectivity index is 1.37. The van der Waals surface area contributed by atoms with Gasteiger partial charge in [0.1, 0.15) is 0 Å². The lowest BCUT2D eigenvalue weighted by molar-refractivity contribution is -0.117. The number of carbonyl (C=O) groups excluding carboxylic acids is 2. The molecule has 0 aliphatic heterocycles. The van der Waals surface area contributed by atoms with Crippen LogP contribution in [0.4, 0.5) is 4.79 Å². The summed E-state index contributed by atoms with van der Waals surface area (Å²) in [5.74, 6) is 1.42. The van der Waals surface area contributed by atoms with Gasteiger partial charge in [0, 0.05) is 18.0 Å². The van der Waals surface area contributed by atoms with E-state index in [1.165, 1.54) is 35.0 Å². The van der Waals surface area contributed by atoms with E-state index in [1.54, 1.807) is 0 Å². The number of fused-ring (bicyclic) bond motifs is 1. The van der Waals surface area contributed by atoms with Crippen molar-refractivity contribution in [2.24, 2.45) is 13.0 Å². The van der Waals surface area contributed by atoms with Crippen LogP contribution in [0.5, 0.6) is 0 Å². The normalized spacial score (nSPS) is 18.6. The third kappa shape index (κ3) is 4.41. The monoisotopic (exact) mass is 419 g/mol. The van der Waals surface area contributed by atoms with Gasteiger partial charge in [-0.15, -0.1) is 21.5 Å². The van der Waals surface area contributed by atoms with Crippen molar-refractivity contribution in [1.82, 2.24) is 25.4 Å². The highest BCUT2D eigenvalue weighted by Gasteiger charge is 2.25. The lowest BCUT2D eigenvalue weighted by atomic mass is 9.87. The smallest absolute Gasteiger partial charge is 0.321 e. The van der Waals surface area contributed by atoms with Gasteiger partial charge in [-0.2, -0.15) is 0 Å². The Morgan fingerprint density at radius 2 is 2.14 bits per heavy atom. The number of thioether (sulfide) groups is 1. The van der Waals surface area contributed by atoms with Crippen molar-refractivity contribution < 1.29 is 9.59 Å². The van der Waals surface area contributed by atoms with E-state index in [1.807, 2.05) is 23.0 Å². The Bertz CT molecular complexity index is 887. The second-order valence-corrected chi connectivity index (χ2v) is 9.61. The third-order valence-electron chi connectivity index (χ3n) is 5.32. The molecule has 1 atom stereocenters. The summed E-state index contributed by atoms with van der Waals surface area (Å²) in [6.07, 6.45) is 6.79. The standard InChI is InChI=1S/C19H25N5O2S2/c1-3-11-4-7-14-12(8-11)9-15(28-14)17-22-23-19(24(17)2)27-10-16(25)21-18(26)20-13-5-6-13/h9,11,13H,3-8,10H2,1-2H3,(H2,20,21,25,26)/t11-/m1/s1. The van der Waals surface area contributed by atoms with Crippen LogP contribution in [0.1, 0.15) is 43.0 Å². The highest BCUT2D eigenvalue weighted by atomic mass is 32.2. The number of nitrogens with one attached hydrogen (secondary N) is 2. The van der Waals surface area contributed by atoms with Crippen LogP contribution in [0, 0.1) is 5.92 Å². The van der Waals surface area contributed by atoms with Gasteiger partial charge in [0.05, 0.1) is 10.6 Å². The molecule has 2 aromatic heterocycles. The van der Waals surface area contributed by atoms with Gasteiger partial charge >= 0.3 is 6.03 Å². The molecule has 9 heteroatoms. The van der Waals surface area contributed by atoms with E-state index in [2.05, 4.69) is 33.8 Å². The molecule has 1 saturated carbocycles. The minimum atomic E-state index is -0.415. The Labute approximate surface area is 172 Å². The Kier molecular flexibility index (Phi) is 5.73. The summed E-state index contributed by atoms with van der Waals surface area (Å²) in [6.45, 7) is 2.26. The fourth-order valence-electron chi connectivity index (χ4n) is 3.45. The van der Waals surface area contributed by atoms with Crippen LogP contribution in [-0.4, -0.2) is 38.5 Å². The number of hydrogen-bond acceptors (Lipinski definition) is 6. The molecule has 0 unspecified atom stereocenters. The van der Waals surface area contributed by atoms with Crippen molar-refractivity contribution in [2.75, 3.05) is 5.75 Å². The number of aromatic nitrogens is 3. The van der Waals surface area contributed by atoms with E-state index in [-0.39, 0.29) is 17.7 Å². The maximum atomic E-state index is 12.0. The lowest BCUT2D eigenvalue weighted by Gasteiger charge is -2.19. The number of carbonyl (C=O) groups is 2. The molecule has 0 saturated heterocycles. The van der Waals surface area contributed by atoms with E-state index in [0.717, 1.165) is 42.3 Å². The maximum Gasteiger partial charge on any atom is 0.321 e. The van der Waals surface area contributed by atoms with E-state index >= 15 is 0 Å². The molecule has 28 heavy (non-hydrogen) atoms. The summed E-state index contributed by atoms with van der Waals surface area (Å²) in [4.78, 5) is 26.2. The van der Waals surface area contributed by atoms with Crippen molar-refractivity contribution >= 4 is 35.0 Å². The number of rotatable bonds is 6. The van der Waals surface area contributed by atoms with E-state index in [0.29, 0.717) is 5.16 Å². The predicted octanol–water partition coefficient (Wildman–Crippen LogP) is 3.14. The quantitative estimate of drug-likeness (QED) is 0.702. The molecule has 7 nitrogen and oxygen atoms in total. The highest BCUT2D eigenvalue weighted by Crippen LogP contribution is 2.37. The largest absolute Gasteiger partial charge is 0.335 e. The zero-order valence-electron chi connectivity index (χ0n) is 16.2. The third-order valence-corrected chi connectivity index (χ3v) is 7.57. The number of aryl methyl sites for hydroxylation is 1. The number of hydrogen-bond donors (Lipinski definition) is 2. The van der Waals surface area contributed by atoms with Crippen LogP contribution in [0.2, 0.25) is 0 Å². The van der Waals surface area contributed by atoms with E-state index < -0.39 is 6.03 Å². The first kappa shape index (κ1) is 19.4. The van der Waals surface area contributed by atoms with E-state index in [4.69, 9.17) is 0 Å². The van der Waals surface area contributed by atoms with Gasteiger partial charge in [-0.1, -0.05) is 25.1 Å². The zero-order valence-corrected chi connectivity index (χ0v) is 17.8. The Morgan fingerprint density at radius 1 is 1.32 bits per heavy atom. The Hall–Kier alpha value is -1.87. The summed E-state index contributed by atoms with van der Waals surface area (Å²) in [6, 6.07) is 2.07. The fraction of sp³-hybridized carbons (Fsp3) is 0.579. The zero-order chi connectivity index (χ0) is 19.7. The highest BCUT2D eigenvalue weighted by molar-refractivity contribution is 7.99. The average Bonchev–Trinajstić information content (AvgIpc) is 3.26. The maximum absolute atomic E-state index is 12.0. The molecule has 4 rings (SSSR count). The van der Waals surface area contributed by atoms with Crippen LogP contribution in [0.3, 0.4) is 0 Å². The molecule has 0 spiro atoms. The molecular weight excluding hydrogens is 394 g/mol. The number of amides is 3. The first-order valence-corrected chi connectivity index (χ1v) is 11.6. The fourth-order valence-corrected chi connectivity index (χ4v) is 5.39. The lowest BCUT2D eigenvalue weighted by Crippen LogP contribution is -2.41. The molecule has 2 N–H and O–H groups in total. The van der Waals surface area contributed by atoms with Crippen molar-refractivity contribution in [2.45, 2.75) is 56.6 Å². The van der Waals surface area contributed by atoms with Crippen LogP contribution in [-0.2, 0) is 24.7 Å². The summed E-state index contributed by atoms with van der Waals surface area (Å²) in [7, 11) is 1.92. The van der Waals surface area contributed by atoms with Gasteiger partial charge in [-0.25, -0.2) is 4.79 Å². The van der Waals surface area contributed by atoms with E-state index in [9.17, 15) is 9.59 Å². The summed E-state index contributed by atoms with van der Waals surface area (Å²) in [5, 5.41) is 14.4. The molecule has 2 aromatic rings. The molecular formula is C19H25N5O2S2. The molecule has 0 aromatic carbocycles. The van der Waals surface area contributed by atoms with Crippen molar-refractivity contribution in [3.05, 3.63) is 16.5 Å². The van der Waals surface area contributed by atoms with Crippen LogP contribution >= 0.6 is 23.1 Å². The van der Waals surface area contributed by atoms with Gasteiger partial charge in [0.2, 0.25) is 5.91 Å². The minimum absolute atomic E-state index is 0.128. The SMILES string of the molecule is CC[C@@H]1CCc2sc(-c3nnc(SCC(=O)NC(=O)NC4CC4)n3C)cc2C1. The first-order chi connectivity index (χ1) is 13.5. The van der Waals surface area contributed by atoms with Crippen LogP contribution in [0.25, 0.3) is 10.7 Å². The first-order valence-electron chi connectivity index (χ1n) is 9.78. The van der Waals surface area contributed by atoms with Crippen molar-refractivity contribution in [3.8, 4) is 10.7 Å². The van der Waals surface area contributed by atoms with Crippen LogP contribution in [0.15, 0.2) is 11.2 Å². The molecule has 150 valence electrons. The number of urea groups is 1. The van der Waals surface area contributed by atoms with Crippen molar-refractivity contribution in [1.29, 1.82) is 0 Å². The van der Waals surface area contributed by atoms with Gasteiger partial charge in [0.25, 0.3) is 0 Å².